The predicted molar refractivity (Wildman–Crippen MR) is 109 cm³/mol. The number of rotatable bonds is 5. The number of ketones is 1. The summed E-state index contributed by atoms with van der Waals surface area (Å²) >= 11 is 0. The lowest BCUT2D eigenvalue weighted by Gasteiger charge is -2.08. The predicted octanol–water partition coefficient (Wildman–Crippen LogP) is 3.64. The monoisotopic (exact) mass is 386 g/mol. The highest BCUT2D eigenvalue weighted by Gasteiger charge is 2.31. The van der Waals surface area contributed by atoms with Crippen molar-refractivity contribution in [2.45, 2.75) is 6.54 Å². The van der Waals surface area contributed by atoms with Gasteiger partial charge in [0.05, 0.1) is 18.4 Å². The van der Waals surface area contributed by atoms with E-state index in [1.807, 2.05) is 0 Å². The van der Waals surface area contributed by atoms with Crippen molar-refractivity contribution < 1.29 is 19.4 Å². The van der Waals surface area contributed by atoms with E-state index in [0.717, 1.165) is 5.56 Å². The molecule has 1 heterocycles. The number of Topliss-reactive ketones (excluding diaryl/α,β-unsaturated/α-hetero) is 1. The van der Waals surface area contributed by atoms with Gasteiger partial charge in [-0.15, -0.1) is 0 Å². The number of carbonyl (C=O) groups is 2. The first-order valence-corrected chi connectivity index (χ1v) is 9.03. The van der Waals surface area contributed by atoms with Gasteiger partial charge in [0.25, 0.3) is 5.91 Å². The number of fused-ring (bicyclic) bond motifs is 1. The third-order valence-electron chi connectivity index (χ3n) is 4.78. The van der Waals surface area contributed by atoms with E-state index in [4.69, 9.17) is 4.74 Å². The Bertz CT molecular complexity index is 1130. The number of methoxy groups -OCH3 is 1. The Kier molecular flexibility index (Phi) is 4.83. The molecule has 1 aromatic heterocycles. The molecule has 2 aromatic carbocycles. The van der Waals surface area contributed by atoms with Gasteiger partial charge in [0, 0.05) is 29.4 Å². The normalized spacial score (nSPS) is 12.7. The summed E-state index contributed by atoms with van der Waals surface area (Å²) in [6, 6.07) is 17.2. The zero-order chi connectivity index (χ0) is 20.4. The molecule has 0 saturated carbocycles. The number of pyridine rings is 1. The summed E-state index contributed by atoms with van der Waals surface area (Å²) in [5.74, 6) is 0.121. The largest absolute Gasteiger partial charge is 0.506 e. The summed E-state index contributed by atoms with van der Waals surface area (Å²) in [6.45, 7) is 0.259. The maximum absolute atomic E-state index is 12.7. The van der Waals surface area contributed by atoms with Crippen LogP contribution in [-0.2, 0) is 6.54 Å². The average molecular weight is 386 g/mol. The molecular formula is C23H18N2O4. The quantitative estimate of drug-likeness (QED) is 0.699. The van der Waals surface area contributed by atoms with Gasteiger partial charge in [0.15, 0.2) is 5.78 Å². The minimum atomic E-state index is -0.259. The van der Waals surface area contributed by atoms with Crippen LogP contribution in [0.25, 0.3) is 11.3 Å². The number of nitrogens with one attached hydrogen (secondary N) is 1. The Morgan fingerprint density at radius 1 is 1.07 bits per heavy atom. The number of ether oxygens (including phenoxy) is 1. The van der Waals surface area contributed by atoms with Crippen LogP contribution in [0.1, 0.15) is 37.5 Å². The van der Waals surface area contributed by atoms with E-state index in [1.165, 1.54) is 0 Å². The molecule has 1 amide bonds. The first-order chi connectivity index (χ1) is 14.1. The molecule has 3 aromatic rings. The highest BCUT2D eigenvalue weighted by atomic mass is 16.5. The highest BCUT2D eigenvalue weighted by Crippen LogP contribution is 2.35. The molecule has 0 bridgehead atoms. The minimum Gasteiger partial charge on any atom is -0.506 e. The summed E-state index contributed by atoms with van der Waals surface area (Å²) in [5.41, 5.74) is 2.80. The molecule has 0 unspecified atom stereocenters. The number of aromatic nitrogens is 1. The van der Waals surface area contributed by atoms with Crippen LogP contribution in [-0.4, -0.2) is 28.9 Å². The van der Waals surface area contributed by atoms with Crippen LogP contribution in [0.4, 0.5) is 0 Å². The molecular weight excluding hydrogens is 368 g/mol. The van der Waals surface area contributed by atoms with Crippen molar-refractivity contribution in [3.63, 3.8) is 0 Å². The third-order valence-corrected chi connectivity index (χ3v) is 4.78. The topological polar surface area (TPSA) is 88.5 Å². The fraction of sp³-hybridized carbons (Fsp3) is 0.0870. The highest BCUT2D eigenvalue weighted by molar-refractivity contribution is 6.38. The van der Waals surface area contributed by atoms with Crippen LogP contribution in [0, 0.1) is 0 Å². The summed E-state index contributed by atoms with van der Waals surface area (Å²) in [6.07, 6.45) is 1.56. The van der Waals surface area contributed by atoms with E-state index in [2.05, 4.69) is 10.3 Å². The second-order valence-electron chi connectivity index (χ2n) is 6.56. The number of allylic oxidation sites excluding steroid dienone is 1. The lowest BCUT2D eigenvalue weighted by molar-refractivity contribution is 0.0950. The van der Waals surface area contributed by atoms with Crippen molar-refractivity contribution in [3.8, 4) is 5.75 Å². The fourth-order valence-corrected chi connectivity index (χ4v) is 3.25. The SMILES string of the molecule is COc1ccc(C(=O)NCc2ccnc(C3=C(O)c4ccccc4C3=O)c2)cc1. The van der Waals surface area contributed by atoms with E-state index < -0.39 is 0 Å². The Hall–Kier alpha value is -3.93. The molecule has 0 spiro atoms. The van der Waals surface area contributed by atoms with Gasteiger partial charge >= 0.3 is 0 Å². The fourth-order valence-electron chi connectivity index (χ4n) is 3.25. The number of benzene rings is 2. The zero-order valence-corrected chi connectivity index (χ0v) is 15.7. The van der Waals surface area contributed by atoms with E-state index in [0.29, 0.717) is 28.1 Å². The molecule has 0 fully saturated rings. The first-order valence-electron chi connectivity index (χ1n) is 9.03. The Labute approximate surface area is 167 Å². The molecule has 4 rings (SSSR count). The van der Waals surface area contributed by atoms with Gasteiger partial charge in [-0.3, -0.25) is 14.6 Å². The van der Waals surface area contributed by atoms with E-state index in [-0.39, 0.29) is 29.6 Å². The molecule has 1 aliphatic carbocycles. The van der Waals surface area contributed by atoms with Gasteiger partial charge < -0.3 is 15.2 Å². The van der Waals surface area contributed by atoms with Crippen LogP contribution in [0.5, 0.6) is 5.75 Å². The summed E-state index contributed by atoms with van der Waals surface area (Å²) in [5, 5.41) is 13.3. The molecule has 0 aliphatic heterocycles. The van der Waals surface area contributed by atoms with Crippen molar-refractivity contribution >= 4 is 23.0 Å². The number of hydrogen-bond acceptors (Lipinski definition) is 5. The van der Waals surface area contributed by atoms with E-state index in [9.17, 15) is 14.7 Å². The van der Waals surface area contributed by atoms with Gasteiger partial charge in [-0.1, -0.05) is 24.3 Å². The van der Waals surface area contributed by atoms with Crippen LogP contribution in [0.15, 0.2) is 66.9 Å². The van der Waals surface area contributed by atoms with Crippen LogP contribution in [0.2, 0.25) is 0 Å². The molecule has 2 N–H and O–H groups in total. The average Bonchev–Trinajstić information content (AvgIpc) is 3.02. The van der Waals surface area contributed by atoms with Crippen molar-refractivity contribution in [2.24, 2.45) is 0 Å². The number of aliphatic hydroxyl groups excluding tert-OH is 1. The molecule has 0 radical (unpaired) electrons. The summed E-state index contributed by atoms with van der Waals surface area (Å²) in [4.78, 5) is 29.3. The van der Waals surface area contributed by atoms with E-state index in [1.54, 1.807) is 74.0 Å². The zero-order valence-electron chi connectivity index (χ0n) is 15.7. The molecule has 29 heavy (non-hydrogen) atoms. The van der Waals surface area contributed by atoms with Crippen LogP contribution < -0.4 is 10.1 Å². The van der Waals surface area contributed by atoms with Crippen molar-refractivity contribution in [1.82, 2.24) is 10.3 Å². The van der Waals surface area contributed by atoms with Crippen LogP contribution in [0.3, 0.4) is 0 Å². The van der Waals surface area contributed by atoms with Crippen molar-refractivity contribution in [3.05, 3.63) is 94.8 Å². The number of carbonyl (C=O) groups excluding carboxylic acids is 2. The lowest BCUT2D eigenvalue weighted by Crippen LogP contribution is -2.22. The maximum atomic E-state index is 12.7. The number of amides is 1. The molecule has 1 aliphatic rings. The molecule has 144 valence electrons. The number of hydrogen-bond donors (Lipinski definition) is 2. The first kappa shape index (κ1) is 18.4. The molecule has 0 atom stereocenters. The van der Waals surface area contributed by atoms with Crippen molar-refractivity contribution in [2.75, 3.05) is 7.11 Å². The Morgan fingerprint density at radius 2 is 1.79 bits per heavy atom. The molecule has 6 nitrogen and oxygen atoms in total. The second-order valence-corrected chi connectivity index (χ2v) is 6.56. The smallest absolute Gasteiger partial charge is 0.251 e. The number of aliphatic hydroxyl groups is 1. The Morgan fingerprint density at radius 3 is 2.48 bits per heavy atom. The van der Waals surface area contributed by atoms with Gasteiger partial charge in [-0.25, -0.2) is 0 Å². The van der Waals surface area contributed by atoms with Gasteiger partial charge in [0.1, 0.15) is 11.5 Å². The molecule has 6 heteroatoms. The second kappa shape index (κ2) is 7.59. The third kappa shape index (κ3) is 3.48. The maximum Gasteiger partial charge on any atom is 0.251 e. The van der Waals surface area contributed by atoms with Gasteiger partial charge in [0.2, 0.25) is 0 Å². The molecule has 0 saturated heterocycles. The lowest BCUT2D eigenvalue weighted by atomic mass is 10.1. The minimum absolute atomic E-state index is 0.0717. The van der Waals surface area contributed by atoms with E-state index >= 15 is 0 Å². The number of nitrogens with zero attached hydrogens (tertiary/aromatic N) is 1. The van der Waals surface area contributed by atoms with Crippen molar-refractivity contribution in [1.29, 1.82) is 0 Å². The standard InChI is InChI=1S/C23H18N2O4/c1-29-16-8-6-15(7-9-16)23(28)25-13-14-10-11-24-19(12-14)20-21(26)17-4-2-3-5-18(17)22(20)27/h2-12,26H,13H2,1H3,(H,25,28). The van der Waals surface area contributed by atoms with Gasteiger partial charge in [-0.05, 0) is 42.0 Å². The van der Waals surface area contributed by atoms with Gasteiger partial charge in [-0.2, -0.15) is 0 Å². The summed E-state index contributed by atoms with van der Waals surface area (Å²) in [7, 11) is 1.57. The van der Waals surface area contributed by atoms with Crippen LogP contribution >= 0.6 is 0 Å². The summed E-state index contributed by atoms with van der Waals surface area (Å²) < 4.78 is 5.09. The Balaban J connectivity index is 1.52.